The minimum absolute atomic E-state index is 0. The van der Waals surface area contributed by atoms with Gasteiger partial charge >= 0.3 is 0 Å². The lowest BCUT2D eigenvalue weighted by Gasteiger charge is -2.18. The highest BCUT2D eigenvalue weighted by atomic mass is 127. The van der Waals surface area contributed by atoms with Gasteiger partial charge in [-0.25, -0.2) is 4.99 Å². The van der Waals surface area contributed by atoms with Crippen molar-refractivity contribution in [2.24, 2.45) is 4.99 Å². The first-order valence-electron chi connectivity index (χ1n) is 8.88. The molecule has 3 rings (SSSR count). The number of rotatable bonds is 7. The predicted molar refractivity (Wildman–Crippen MR) is 121 cm³/mol. The molecule has 1 aromatic carbocycles. The van der Waals surface area contributed by atoms with Crippen molar-refractivity contribution in [2.45, 2.75) is 42.9 Å². The molecule has 140 valence electrons. The second kappa shape index (κ2) is 10.2. The summed E-state index contributed by atoms with van der Waals surface area (Å²) in [6, 6.07) is 16.7. The van der Waals surface area contributed by atoms with E-state index in [4.69, 9.17) is 0 Å². The number of nitrogens with one attached hydrogen (secondary N) is 2. The van der Waals surface area contributed by atoms with Gasteiger partial charge in [0.15, 0.2) is 5.96 Å². The predicted octanol–water partition coefficient (Wildman–Crippen LogP) is 4.39. The number of pyridine rings is 1. The molecule has 4 nitrogen and oxygen atoms in total. The smallest absolute Gasteiger partial charge is 0.191 e. The quantitative estimate of drug-likeness (QED) is 0.349. The Kier molecular flexibility index (Phi) is 8.21. The molecule has 1 heterocycles. The van der Waals surface area contributed by atoms with Crippen LogP contribution in [0.3, 0.4) is 0 Å². The lowest BCUT2D eigenvalue weighted by molar-refractivity contribution is 0.767. The SMILES string of the molecule is CCNC(=NCc1cccc(C)n1)NCC1(Sc2ccccc2)CC1.I. The van der Waals surface area contributed by atoms with Gasteiger partial charge in [0.25, 0.3) is 0 Å². The van der Waals surface area contributed by atoms with Gasteiger partial charge in [0.05, 0.1) is 12.2 Å². The standard InChI is InChI=1S/C20H26N4S.HI/c1-3-21-19(22-14-17-9-7-8-16(2)24-17)23-15-20(12-13-20)25-18-10-5-4-6-11-18;/h4-11H,3,12-15H2,1-2H3,(H2,21,22,23);1H. The topological polar surface area (TPSA) is 49.3 Å². The first kappa shape index (κ1) is 21.0. The summed E-state index contributed by atoms with van der Waals surface area (Å²) in [7, 11) is 0. The van der Waals surface area contributed by atoms with Gasteiger partial charge in [-0.2, -0.15) is 0 Å². The van der Waals surface area contributed by atoms with Crippen LogP contribution in [0.25, 0.3) is 0 Å². The van der Waals surface area contributed by atoms with Gasteiger partial charge in [-0.3, -0.25) is 4.98 Å². The maximum atomic E-state index is 4.69. The fourth-order valence-corrected chi connectivity index (χ4v) is 3.87. The van der Waals surface area contributed by atoms with Gasteiger partial charge in [0.1, 0.15) is 0 Å². The molecule has 1 saturated carbocycles. The monoisotopic (exact) mass is 482 g/mol. The first-order chi connectivity index (χ1) is 12.2. The van der Waals surface area contributed by atoms with E-state index in [2.05, 4.69) is 57.9 Å². The maximum absolute atomic E-state index is 4.69. The number of halogens is 1. The summed E-state index contributed by atoms with van der Waals surface area (Å²) in [5.41, 5.74) is 2.03. The van der Waals surface area contributed by atoms with Crippen molar-refractivity contribution in [3.63, 3.8) is 0 Å². The van der Waals surface area contributed by atoms with Gasteiger partial charge in [0, 0.05) is 28.4 Å². The van der Waals surface area contributed by atoms with E-state index in [1.54, 1.807) is 0 Å². The Labute approximate surface area is 177 Å². The molecule has 1 fully saturated rings. The van der Waals surface area contributed by atoms with E-state index < -0.39 is 0 Å². The zero-order valence-electron chi connectivity index (χ0n) is 15.4. The molecule has 0 bridgehead atoms. The molecule has 0 aliphatic heterocycles. The van der Waals surface area contributed by atoms with Crippen molar-refractivity contribution in [1.82, 2.24) is 15.6 Å². The van der Waals surface area contributed by atoms with Crippen molar-refractivity contribution in [3.8, 4) is 0 Å². The number of aryl methyl sites for hydroxylation is 1. The summed E-state index contributed by atoms with van der Waals surface area (Å²) in [5, 5.41) is 6.85. The van der Waals surface area contributed by atoms with Gasteiger partial charge in [-0.1, -0.05) is 24.3 Å². The lowest BCUT2D eigenvalue weighted by Crippen LogP contribution is -2.41. The van der Waals surface area contributed by atoms with Crippen LogP contribution in [0.4, 0.5) is 0 Å². The second-order valence-corrected chi connectivity index (χ2v) is 7.96. The first-order valence-corrected chi connectivity index (χ1v) is 9.69. The molecule has 1 aliphatic rings. The minimum atomic E-state index is 0. The van der Waals surface area contributed by atoms with E-state index >= 15 is 0 Å². The number of hydrogen-bond acceptors (Lipinski definition) is 3. The van der Waals surface area contributed by atoms with Gasteiger partial charge in [0.2, 0.25) is 0 Å². The molecule has 0 spiro atoms. The molecule has 6 heteroatoms. The summed E-state index contributed by atoms with van der Waals surface area (Å²) < 4.78 is 0.305. The summed E-state index contributed by atoms with van der Waals surface area (Å²) in [6.45, 7) is 6.48. The molecular weight excluding hydrogens is 455 g/mol. The molecule has 0 saturated heterocycles. The average molecular weight is 482 g/mol. The summed E-state index contributed by atoms with van der Waals surface area (Å²) in [4.78, 5) is 10.5. The highest BCUT2D eigenvalue weighted by Gasteiger charge is 2.43. The molecule has 2 aromatic rings. The summed E-state index contributed by atoms with van der Waals surface area (Å²) in [5.74, 6) is 0.866. The lowest BCUT2D eigenvalue weighted by atomic mass is 10.3. The van der Waals surface area contributed by atoms with Crippen molar-refractivity contribution < 1.29 is 0 Å². The van der Waals surface area contributed by atoms with Crippen LogP contribution in [-0.2, 0) is 6.54 Å². The largest absolute Gasteiger partial charge is 0.357 e. The normalized spacial score (nSPS) is 15.1. The van der Waals surface area contributed by atoms with Gasteiger partial charge in [-0.15, -0.1) is 35.7 Å². The van der Waals surface area contributed by atoms with Crippen LogP contribution in [0.1, 0.15) is 31.2 Å². The molecule has 0 atom stereocenters. The molecule has 1 aliphatic carbocycles. The van der Waals surface area contributed by atoms with Crippen molar-refractivity contribution in [2.75, 3.05) is 13.1 Å². The van der Waals surface area contributed by atoms with Crippen LogP contribution in [0.15, 0.2) is 58.4 Å². The van der Waals surface area contributed by atoms with Crippen LogP contribution in [-0.4, -0.2) is 28.8 Å². The van der Waals surface area contributed by atoms with Crippen molar-refractivity contribution >= 4 is 41.7 Å². The molecule has 1 aromatic heterocycles. The van der Waals surface area contributed by atoms with Crippen molar-refractivity contribution in [3.05, 3.63) is 59.9 Å². The van der Waals surface area contributed by atoms with E-state index in [-0.39, 0.29) is 24.0 Å². The fourth-order valence-electron chi connectivity index (χ4n) is 2.63. The fraction of sp³-hybridized carbons (Fsp3) is 0.400. The Hall–Kier alpha value is -1.28. The number of guanidine groups is 1. The number of aliphatic imine (C=N–C) groups is 1. The third-order valence-electron chi connectivity index (χ3n) is 4.15. The second-order valence-electron chi connectivity index (χ2n) is 6.42. The van der Waals surface area contributed by atoms with Gasteiger partial charge < -0.3 is 10.6 Å². The van der Waals surface area contributed by atoms with E-state index in [9.17, 15) is 0 Å². The number of aromatic nitrogens is 1. The molecule has 0 radical (unpaired) electrons. The third kappa shape index (κ3) is 6.46. The number of benzene rings is 1. The summed E-state index contributed by atoms with van der Waals surface area (Å²) >= 11 is 1.98. The Bertz CT molecular complexity index is 717. The number of nitrogens with zero attached hydrogens (tertiary/aromatic N) is 2. The molecular formula is C20H27IN4S. The Balaban J connectivity index is 0.00000243. The minimum Gasteiger partial charge on any atom is -0.357 e. The molecule has 0 unspecified atom stereocenters. The highest BCUT2D eigenvalue weighted by Crippen LogP contribution is 2.51. The third-order valence-corrected chi connectivity index (χ3v) is 5.65. The zero-order chi connectivity index (χ0) is 17.5. The average Bonchev–Trinajstić information content (AvgIpc) is 3.38. The Morgan fingerprint density at radius 3 is 2.54 bits per heavy atom. The van der Waals surface area contributed by atoms with Crippen LogP contribution in [0, 0.1) is 6.92 Å². The van der Waals surface area contributed by atoms with E-state index in [0.29, 0.717) is 11.3 Å². The van der Waals surface area contributed by atoms with Crippen LogP contribution >= 0.6 is 35.7 Å². The van der Waals surface area contributed by atoms with E-state index in [1.165, 1.54) is 17.7 Å². The van der Waals surface area contributed by atoms with Crippen LogP contribution in [0.5, 0.6) is 0 Å². The zero-order valence-corrected chi connectivity index (χ0v) is 18.5. The molecule has 0 amide bonds. The number of hydrogen-bond donors (Lipinski definition) is 2. The van der Waals surface area contributed by atoms with Gasteiger partial charge in [-0.05, 0) is 51.0 Å². The molecule has 26 heavy (non-hydrogen) atoms. The van der Waals surface area contributed by atoms with E-state index in [1.807, 2.05) is 36.9 Å². The Morgan fingerprint density at radius 1 is 1.12 bits per heavy atom. The maximum Gasteiger partial charge on any atom is 0.191 e. The summed E-state index contributed by atoms with van der Waals surface area (Å²) in [6.07, 6.45) is 2.50. The van der Waals surface area contributed by atoms with Crippen LogP contribution in [0.2, 0.25) is 0 Å². The van der Waals surface area contributed by atoms with Crippen LogP contribution < -0.4 is 10.6 Å². The highest BCUT2D eigenvalue weighted by molar-refractivity contribution is 14.0. The number of thioether (sulfide) groups is 1. The molecule has 2 N–H and O–H groups in total. The van der Waals surface area contributed by atoms with E-state index in [0.717, 1.165) is 30.4 Å². The Morgan fingerprint density at radius 2 is 1.88 bits per heavy atom. The van der Waals surface area contributed by atoms with Crippen molar-refractivity contribution in [1.29, 1.82) is 0 Å².